The number of benzene rings is 2. The minimum absolute atomic E-state index is 0.0963. The van der Waals surface area contributed by atoms with E-state index < -0.39 is 10.5 Å². The Kier molecular flexibility index (Phi) is 4.60. The normalized spacial score (nSPS) is 12.7. The number of aromatic nitrogens is 2. The molecule has 1 amide bonds. The van der Waals surface area contributed by atoms with Gasteiger partial charge in [-0.25, -0.2) is 4.98 Å². The fraction of sp³-hybridized carbons (Fsp3) is 0.250. The fourth-order valence-electron chi connectivity index (χ4n) is 3.51. The number of fused-ring (bicyclic) bond motifs is 2. The number of anilines is 1. The molecule has 0 radical (unpaired) electrons. The molecule has 0 saturated heterocycles. The van der Waals surface area contributed by atoms with Gasteiger partial charge in [0.15, 0.2) is 0 Å². The Hall–Kier alpha value is -3.55. The Morgan fingerprint density at radius 2 is 2.00 bits per heavy atom. The molecule has 1 N–H and O–H groups in total. The van der Waals surface area contributed by atoms with Crippen molar-refractivity contribution in [1.29, 1.82) is 0 Å². The monoisotopic (exact) mass is 378 g/mol. The summed E-state index contributed by atoms with van der Waals surface area (Å²) >= 11 is 0. The number of nitrogens with zero attached hydrogens (tertiary/aromatic N) is 3. The van der Waals surface area contributed by atoms with Crippen molar-refractivity contribution in [3.63, 3.8) is 0 Å². The second-order valence-electron chi connectivity index (χ2n) is 6.84. The number of hydrogen-bond donors (Lipinski definition) is 1. The van der Waals surface area contributed by atoms with Crippen molar-refractivity contribution < 1.29 is 9.72 Å². The van der Waals surface area contributed by atoms with E-state index in [2.05, 4.69) is 10.3 Å². The Morgan fingerprint density at radius 3 is 2.82 bits per heavy atom. The summed E-state index contributed by atoms with van der Waals surface area (Å²) in [4.78, 5) is 39.4. The number of hydrogen-bond acceptors (Lipinski definition) is 5. The van der Waals surface area contributed by atoms with Gasteiger partial charge in [0.25, 0.3) is 11.2 Å². The average Bonchev–Trinajstić information content (AvgIpc) is 3.15. The molecular weight excluding hydrogens is 360 g/mol. The molecule has 1 aliphatic carbocycles. The van der Waals surface area contributed by atoms with Gasteiger partial charge in [-0.2, -0.15) is 0 Å². The van der Waals surface area contributed by atoms with E-state index in [-0.39, 0.29) is 29.9 Å². The molecule has 0 unspecified atom stereocenters. The van der Waals surface area contributed by atoms with E-state index in [9.17, 15) is 19.7 Å². The predicted molar refractivity (Wildman–Crippen MR) is 104 cm³/mol. The number of carbonyl (C=O) groups excluding carboxylic acids is 1. The molecule has 8 heteroatoms. The van der Waals surface area contributed by atoms with Crippen LogP contribution in [0.3, 0.4) is 0 Å². The number of amides is 1. The molecule has 0 spiro atoms. The summed E-state index contributed by atoms with van der Waals surface area (Å²) in [5, 5.41) is 13.9. The maximum atomic E-state index is 12.6. The zero-order chi connectivity index (χ0) is 19.7. The maximum absolute atomic E-state index is 12.6. The standard InChI is InChI=1S/C20H18N4O4/c25-19(22-15-5-4-13-2-1-3-14(13)10-15)8-9-23-12-21-18-7-6-16(24(27)28)11-17(18)20(23)26/h4-7,10-12H,1-3,8-9H2,(H,22,25). The zero-order valence-corrected chi connectivity index (χ0v) is 15.1. The van der Waals surface area contributed by atoms with Gasteiger partial charge in [-0.1, -0.05) is 6.07 Å². The molecule has 0 bridgehead atoms. The third-order valence-corrected chi connectivity index (χ3v) is 4.98. The molecule has 142 valence electrons. The largest absolute Gasteiger partial charge is 0.326 e. The van der Waals surface area contributed by atoms with E-state index in [1.54, 1.807) is 0 Å². The highest BCUT2D eigenvalue weighted by Crippen LogP contribution is 2.25. The number of non-ortho nitro benzene ring substituents is 1. The van der Waals surface area contributed by atoms with Crippen molar-refractivity contribution in [2.75, 3.05) is 5.32 Å². The van der Waals surface area contributed by atoms with Crippen LogP contribution in [0, 0.1) is 10.1 Å². The van der Waals surface area contributed by atoms with E-state index in [0.29, 0.717) is 5.52 Å². The van der Waals surface area contributed by atoms with Crippen LogP contribution in [0.5, 0.6) is 0 Å². The Morgan fingerprint density at radius 1 is 1.18 bits per heavy atom. The van der Waals surface area contributed by atoms with Crippen LogP contribution in [-0.4, -0.2) is 20.4 Å². The minimum Gasteiger partial charge on any atom is -0.326 e. The molecule has 1 heterocycles. The Bertz CT molecular complexity index is 1150. The fourth-order valence-corrected chi connectivity index (χ4v) is 3.51. The molecule has 3 aromatic rings. The highest BCUT2D eigenvalue weighted by atomic mass is 16.6. The molecular formula is C20H18N4O4. The summed E-state index contributed by atoms with van der Waals surface area (Å²) in [6.07, 6.45) is 4.71. The van der Waals surface area contributed by atoms with Crippen LogP contribution in [0.4, 0.5) is 11.4 Å². The van der Waals surface area contributed by atoms with E-state index in [4.69, 9.17) is 0 Å². The molecule has 28 heavy (non-hydrogen) atoms. The van der Waals surface area contributed by atoms with Gasteiger partial charge in [0, 0.05) is 30.8 Å². The Labute approximate surface area is 160 Å². The first-order valence-electron chi connectivity index (χ1n) is 9.06. The SMILES string of the molecule is O=C(CCn1cnc2ccc([N+](=O)[O-])cc2c1=O)Nc1ccc2c(c1)CCC2. The van der Waals surface area contributed by atoms with Gasteiger partial charge in [-0.15, -0.1) is 0 Å². The number of nitro groups is 1. The van der Waals surface area contributed by atoms with Gasteiger partial charge in [0.1, 0.15) is 0 Å². The molecule has 2 aromatic carbocycles. The lowest BCUT2D eigenvalue weighted by atomic mass is 10.1. The van der Waals surface area contributed by atoms with E-state index in [1.807, 2.05) is 18.2 Å². The van der Waals surface area contributed by atoms with Crippen molar-refractivity contribution in [3.8, 4) is 0 Å². The van der Waals surface area contributed by atoms with Crippen molar-refractivity contribution in [2.45, 2.75) is 32.2 Å². The van der Waals surface area contributed by atoms with Crippen molar-refractivity contribution >= 4 is 28.2 Å². The highest BCUT2D eigenvalue weighted by molar-refractivity contribution is 5.90. The van der Waals surface area contributed by atoms with Crippen LogP contribution in [-0.2, 0) is 24.2 Å². The van der Waals surface area contributed by atoms with Crippen LogP contribution < -0.4 is 10.9 Å². The number of carbonyl (C=O) groups is 1. The third kappa shape index (κ3) is 3.48. The second kappa shape index (κ2) is 7.22. The lowest BCUT2D eigenvalue weighted by Crippen LogP contribution is -2.23. The summed E-state index contributed by atoms with van der Waals surface area (Å²) in [7, 11) is 0. The Balaban J connectivity index is 1.47. The summed E-state index contributed by atoms with van der Waals surface area (Å²) in [5.41, 5.74) is 3.17. The molecule has 8 nitrogen and oxygen atoms in total. The first-order chi connectivity index (χ1) is 13.5. The molecule has 1 aromatic heterocycles. The van der Waals surface area contributed by atoms with Gasteiger partial charge < -0.3 is 5.32 Å². The van der Waals surface area contributed by atoms with Gasteiger partial charge >= 0.3 is 0 Å². The topological polar surface area (TPSA) is 107 Å². The van der Waals surface area contributed by atoms with Crippen LogP contribution in [0.15, 0.2) is 47.5 Å². The van der Waals surface area contributed by atoms with Crippen molar-refractivity contribution in [2.24, 2.45) is 0 Å². The minimum atomic E-state index is -0.555. The predicted octanol–water partition coefficient (Wildman–Crippen LogP) is 2.82. The smallest absolute Gasteiger partial charge is 0.270 e. The summed E-state index contributed by atoms with van der Waals surface area (Å²) in [6.45, 7) is 0.140. The van der Waals surface area contributed by atoms with Crippen LogP contribution in [0.2, 0.25) is 0 Å². The van der Waals surface area contributed by atoms with E-state index >= 15 is 0 Å². The van der Waals surface area contributed by atoms with Gasteiger partial charge in [0.2, 0.25) is 5.91 Å². The average molecular weight is 378 g/mol. The van der Waals surface area contributed by atoms with Crippen LogP contribution in [0.1, 0.15) is 24.0 Å². The molecule has 4 rings (SSSR count). The van der Waals surface area contributed by atoms with E-state index in [0.717, 1.165) is 24.9 Å². The lowest BCUT2D eigenvalue weighted by Gasteiger charge is -2.09. The van der Waals surface area contributed by atoms with Crippen molar-refractivity contribution in [1.82, 2.24) is 9.55 Å². The summed E-state index contributed by atoms with van der Waals surface area (Å²) in [6, 6.07) is 9.91. The number of nitrogens with one attached hydrogen (secondary N) is 1. The van der Waals surface area contributed by atoms with Gasteiger partial charge in [0.05, 0.1) is 22.2 Å². The summed E-state index contributed by atoms with van der Waals surface area (Å²) < 4.78 is 1.30. The quantitative estimate of drug-likeness (QED) is 0.543. The third-order valence-electron chi connectivity index (χ3n) is 4.98. The van der Waals surface area contributed by atoms with E-state index in [1.165, 1.54) is 40.2 Å². The molecule has 1 aliphatic rings. The number of aryl methyl sites for hydroxylation is 3. The molecule has 0 aliphatic heterocycles. The first kappa shape index (κ1) is 17.8. The lowest BCUT2D eigenvalue weighted by molar-refractivity contribution is -0.384. The second-order valence-corrected chi connectivity index (χ2v) is 6.84. The zero-order valence-electron chi connectivity index (χ0n) is 15.1. The first-order valence-corrected chi connectivity index (χ1v) is 9.06. The van der Waals surface area contributed by atoms with Crippen molar-refractivity contribution in [3.05, 3.63) is 74.3 Å². The maximum Gasteiger partial charge on any atom is 0.270 e. The number of nitro benzene ring substituents is 1. The van der Waals surface area contributed by atoms with Gasteiger partial charge in [-0.05, 0) is 48.6 Å². The molecule has 0 saturated carbocycles. The van der Waals surface area contributed by atoms with Gasteiger partial charge in [-0.3, -0.25) is 24.3 Å². The molecule has 0 atom stereocenters. The van der Waals surface area contributed by atoms with Crippen LogP contribution >= 0.6 is 0 Å². The molecule has 0 fully saturated rings. The highest BCUT2D eigenvalue weighted by Gasteiger charge is 2.13. The summed E-state index contributed by atoms with van der Waals surface area (Å²) in [5.74, 6) is -0.205. The number of rotatable bonds is 5. The van der Waals surface area contributed by atoms with Crippen LogP contribution in [0.25, 0.3) is 10.9 Å².